The second-order valence-corrected chi connectivity index (χ2v) is 7.81. The molecule has 2 aromatic carbocycles. The molecule has 0 saturated carbocycles. The lowest BCUT2D eigenvalue weighted by Gasteiger charge is -2.40. The molecule has 2 aromatic rings. The first-order valence-electron chi connectivity index (χ1n) is 9.71. The van der Waals surface area contributed by atoms with Crippen molar-refractivity contribution in [3.05, 3.63) is 66.0 Å². The second-order valence-electron chi connectivity index (χ2n) is 7.81. The van der Waals surface area contributed by atoms with Crippen LogP contribution in [0.2, 0.25) is 0 Å². The largest absolute Gasteiger partial charge is 0.338 e. The van der Waals surface area contributed by atoms with Crippen LogP contribution in [-0.4, -0.2) is 47.9 Å². The molecule has 2 aliphatic rings. The number of halogens is 1. The number of piperidine rings is 1. The number of para-hydroxylation sites is 1. The molecule has 2 saturated heterocycles. The molecule has 0 aliphatic carbocycles. The van der Waals surface area contributed by atoms with Crippen LogP contribution in [0.25, 0.3) is 0 Å². The van der Waals surface area contributed by atoms with E-state index in [4.69, 9.17) is 0 Å². The predicted molar refractivity (Wildman–Crippen MR) is 106 cm³/mol. The number of carbonyl (C=O) groups excluding carboxylic acids is 2. The summed E-state index contributed by atoms with van der Waals surface area (Å²) in [4.78, 5) is 29.1. The molecule has 1 spiro atoms. The first kappa shape index (κ1) is 18.5. The minimum Gasteiger partial charge on any atom is -0.338 e. The van der Waals surface area contributed by atoms with Gasteiger partial charge >= 0.3 is 6.03 Å². The number of rotatable bonds is 2. The molecule has 146 valence electrons. The molecular formula is C22H24FN3O2. The third-order valence-electron chi connectivity index (χ3n) is 5.77. The summed E-state index contributed by atoms with van der Waals surface area (Å²) in [5.41, 5.74) is 1.09. The Morgan fingerprint density at radius 1 is 0.929 bits per heavy atom. The van der Waals surface area contributed by atoms with Crippen LogP contribution in [0.3, 0.4) is 0 Å². The van der Waals surface area contributed by atoms with Gasteiger partial charge in [0.2, 0.25) is 0 Å². The zero-order valence-corrected chi connectivity index (χ0v) is 15.7. The summed E-state index contributed by atoms with van der Waals surface area (Å²) in [6.07, 6.45) is 2.77. The number of amides is 3. The number of benzene rings is 2. The van der Waals surface area contributed by atoms with E-state index < -0.39 is 5.82 Å². The Labute approximate surface area is 164 Å². The smallest absolute Gasteiger partial charge is 0.321 e. The fourth-order valence-electron chi connectivity index (χ4n) is 4.35. The molecule has 0 aromatic heterocycles. The Kier molecular flexibility index (Phi) is 5.03. The molecule has 0 radical (unpaired) electrons. The molecule has 5 nitrogen and oxygen atoms in total. The van der Waals surface area contributed by atoms with Crippen LogP contribution in [0.1, 0.15) is 29.6 Å². The van der Waals surface area contributed by atoms with Crippen molar-refractivity contribution in [3.8, 4) is 0 Å². The minimum atomic E-state index is -0.401. The average Bonchev–Trinajstić information content (AvgIpc) is 3.11. The van der Waals surface area contributed by atoms with Gasteiger partial charge < -0.3 is 15.1 Å². The molecule has 0 unspecified atom stereocenters. The molecule has 2 aliphatic heterocycles. The maximum Gasteiger partial charge on any atom is 0.321 e. The summed E-state index contributed by atoms with van der Waals surface area (Å²) in [6.45, 7) is 2.60. The van der Waals surface area contributed by atoms with E-state index in [1.54, 1.807) is 12.1 Å². The van der Waals surface area contributed by atoms with E-state index in [9.17, 15) is 14.0 Å². The van der Waals surface area contributed by atoms with E-state index in [2.05, 4.69) is 5.32 Å². The lowest BCUT2D eigenvalue weighted by molar-refractivity contribution is 0.0537. The number of nitrogens with one attached hydrogen (secondary N) is 1. The number of carbonyl (C=O) groups is 2. The van der Waals surface area contributed by atoms with E-state index in [1.807, 2.05) is 40.1 Å². The van der Waals surface area contributed by atoms with Crippen molar-refractivity contribution in [3.63, 3.8) is 0 Å². The van der Waals surface area contributed by atoms with Gasteiger partial charge in [-0.2, -0.15) is 0 Å². The Morgan fingerprint density at radius 3 is 2.50 bits per heavy atom. The molecule has 6 heteroatoms. The standard InChI is InChI=1S/C22H24FN3O2/c23-18-7-4-6-17(14-18)20(27)25-12-5-10-22(15-25)11-13-26(16-22)21(28)24-19-8-2-1-3-9-19/h1-4,6-9,14H,5,10-13,15-16H2,(H,24,28)/t22-/m1/s1. The number of likely N-dealkylation sites (tertiary alicyclic amines) is 2. The van der Waals surface area contributed by atoms with Crippen LogP contribution in [0.15, 0.2) is 54.6 Å². The summed E-state index contributed by atoms with van der Waals surface area (Å²) < 4.78 is 13.5. The SMILES string of the molecule is O=C(Nc1ccccc1)N1CC[C@@]2(CCCN(C(=O)c3cccc(F)c3)C2)C1. The van der Waals surface area contributed by atoms with Crippen LogP contribution >= 0.6 is 0 Å². The molecule has 3 amide bonds. The van der Waals surface area contributed by atoms with Gasteiger partial charge in [-0.25, -0.2) is 9.18 Å². The van der Waals surface area contributed by atoms with Gasteiger partial charge in [0.05, 0.1) is 0 Å². The maximum atomic E-state index is 13.5. The zero-order chi connectivity index (χ0) is 19.6. The summed E-state index contributed by atoms with van der Waals surface area (Å²) >= 11 is 0. The van der Waals surface area contributed by atoms with E-state index in [-0.39, 0.29) is 17.4 Å². The molecule has 4 rings (SSSR count). The monoisotopic (exact) mass is 381 g/mol. The maximum absolute atomic E-state index is 13.5. The summed E-state index contributed by atoms with van der Waals surface area (Å²) in [6, 6.07) is 15.2. The molecule has 2 fully saturated rings. The van der Waals surface area contributed by atoms with Crippen molar-refractivity contribution >= 4 is 17.6 Å². The normalized spacial score (nSPS) is 21.8. The van der Waals surface area contributed by atoms with Crippen molar-refractivity contribution in [1.82, 2.24) is 9.80 Å². The molecule has 1 N–H and O–H groups in total. The third kappa shape index (κ3) is 3.86. The summed E-state index contributed by atoms with van der Waals surface area (Å²) in [7, 11) is 0. The van der Waals surface area contributed by atoms with Crippen LogP contribution in [0, 0.1) is 11.2 Å². The summed E-state index contributed by atoms with van der Waals surface area (Å²) in [5.74, 6) is -0.534. The molecule has 28 heavy (non-hydrogen) atoms. The lowest BCUT2D eigenvalue weighted by Crippen LogP contribution is -2.48. The van der Waals surface area contributed by atoms with Gasteiger partial charge in [-0.1, -0.05) is 24.3 Å². The van der Waals surface area contributed by atoms with Crippen molar-refractivity contribution in [1.29, 1.82) is 0 Å². The van der Waals surface area contributed by atoms with Crippen LogP contribution in [-0.2, 0) is 0 Å². The minimum absolute atomic E-state index is 0.0741. The highest BCUT2D eigenvalue weighted by molar-refractivity contribution is 5.94. The fourth-order valence-corrected chi connectivity index (χ4v) is 4.35. The van der Waals surface area contributed by atoms with Gasteiger partial charge in [0.25, 0.3) is 5.91 Å². The lowest BCUT2D eigenvalue weighted by atomic mass is 9.79. The van der Waals surface area contributed by atoms with Gasteiger partial charge in [-0.05, 0) is 49.6 Å². The van der Waals surface area contributed by atoms with Crippen molar-refractivity contribution < 1.29 is 14.0 Å². The van der Waals surface area contributed by atoms with E-state index in [0.29, 0.717) is 31.7 Å². The quantitative estimate of drug-likeness (QED) is 0.855. The fraction of sp³-hybridized carbons (Fsp3) is 0.364. The van der Waals surface area contributed by atoms with Crippen molar-refractivity contribution in [2.24, 2.45) is 5.41 Å². The zero-order valence-electron chi connectivity index (χ0n) is 15.7. The van der Waals surface area contributed by atoms with E-state index >= 15 is 0 Å². The molecule has 0 bridgehead atoms. The first-order valence-corrected chi connectivity index (χ1v) is 9.71. The highest BCUT2D eigenvalue weighted by atomic mass is 19.1. The Bertz CT molecular complexity index is 873. The second kappa shape index (κ2) is 7.62. The summed E-state index contributed by atoms with van der Waals surface area (Å²) in [5, 5.41) is 2.94. The van der Waals surface area contributed by atoms with Crippen LogP contribution in [0.4, 0.5) is 14.9 Å². The molecular weight excluding hydrogens is 357 g/mol. The van der Waals surface area contributed by atoms with E-state index in [0.717, 1.165) is 24.9 Å². The number of hydrogen-bond acceptors (Lipinski definition) is 2. The molecule has 2 heterocycles. The van der Waals surface area contributed by atoms with Gasteiger partial charge in [0, 0.05) is 42.8 Å². The molecule has 1 atom stereocenters. The highest BCUT2D eigenvalue weighted by Crippen LogP contribution is 2.39. The van der Waals surface area contributed by atoms with Gasteiger partial charge in [-0.15, -0.1) is 0 Å². The highest BCUT2D eigenvalue weighted by Gasteiger charge is 2.43. The van der Waals surface area contributed by atoms with Gasteiger partial charge in [0.1, 0.15) is 5.82 Å². The third-order valence-corrected chi connectivity index (χ3v) is 5.77. The number of urea groups is 1. The Morgan fingerprint density at radius 2 is 1.71 bits per heavy atom. The number of hydrogen-bond donors (Lipinski definition) is 1. The first-order chi connectivity index (χ1) is 13.5. The van der Waals surface area contributed by atoms with Crippen LogP contribution in [0.5, 0.6) is 0 Å². The Balaban J connectivity index is 1.41. The topological polar surface area (TPSA) is 52.7 Å². The van der Waals surface area contributed by atoms with Crippen molar-refractivity contribution in [2.75, 3.05) is 31.5 Å². The number of nitrogens with zero attached hydrogens (tertiary/aromatic N) is 2. The van der Waals surface area contributed by atoms with E-state index in [1.165, 1.54) is 12.1 Å². The number of anilines is 1. The average molecular weight is 381 g/mol. The van der Waals surface area contributed by atoms with Crippen molar-refractivity contribution in [2.45, 2.75) is 19.3 Å². The predicted octanol–water partition coefficient (Wildman–Crippen LogP) is 3.99. The van der Waals surface area contributed by atoms with Gasteiger partial charge in [-0.3, -0.25) is 4.79 Å². The van der Waals surface area contributed by atoms with Crippen LogP contribution < -0.4 is 5.32 Å². The van der Waals surface area contributed by atoms with Gasteiger partial charge in [0.15, 0.2) is 0 Å². The Hall–Kier alpha value is -2.89.